The molecule has 7 heteroatoms. The largest absolute Gasteiger partial charge is 0.451 e. The second kappa shape index (κ2) is 9.34. The lowest BCUT2D eigenvalue weighted by Crippen LogP contribution is -2.43. The molecule has 25 heavy (non-hydrogen) atoms. The van der Waals surface area contributed by atoms with Gasteiger partial charge in [-0.15, -0.1) is 0 Å². The van der Waals surface area contributed by atoms with Gasteiger partial charge in [-0.25, -0.2) is 9.48 Å². The Kier molecular flexibility index (Phi) is 7.16. The van der Waals surface area contributed by atoms with Crippen LogP contribution >= 0.6 is 0 Å². The molecule has 7 nitrogen and oxygen atoms in total. The van der Waals surface area contributed by atoms with Gasteiger partial charge in [0.1, 0.15) is 0 Å². The lowest BCUT2D eigenvalue weighted by atomic mass is 9.86. The lowest BCUT2D eigenvalue weighted by molar-refractivity contribution is -0.125. The standard InChI is InChI=1S/C18H27N3O4/c1-3-4-11-21-17(23)10-9-15(20-21)18(24)25-12-16(22)19-14-8-6-5-7-13(14)2/h9-10,13-14H,3-8,11-12H2,1-2H3,(H,19,22). The van der Waals surface area contributed by atoms with E-state index in [4.69, 9.17) is 4.74 Å². The fraction of sp³-hybridized carbons (Fsp3) is 0.667. The van der Waals surface area contributed by atoms with Crippen LogP contribution in [0, 0.1) is 5.92 Å². The first kappa shape index (κ1) is 19.1. The van der Waals surface area contributed by atoms with Crippen molar-refractivity contribution >= 4 is 11.9 Å². The maximum Gasteiger partial charge on any atom is 0.359 e. The molecule has 1 saturated carbocycles. The Balaban J connectivity index is 1.87. The van der Waals surface area contributed by atoms with Gasteiger partial charge in [0.25, 0.3) is 11.5 Å². The summed E-state index contributed by atoms with van der Waals surface area (Å²) in [5, 5.41) is 6.95. The number of aryl methyl sites for hydroxylation is 1. The number of ether oxygens (including phenoxy) is 1. The summed E-state index contributed by atoms with van der Waals surface area (Å²) in [6.07, 6.45) is 6.09. The molecule has 1 aliphatic carbocycles. The van der Waals surface area contributed by atoms with Crippen molar-refractivity contribution in [2.24, 2.45) is 5.92 Å². The predicted octanol–water partition coefficient (Wildman–Crippen LogP) is 1.90. The van der Waals surface area contributed by atoms with Crippen LogP contribution in [0.4, 0.5) is 0 Å². The number of esters is 1. The van der Waals surface area contributed by atoms with E-state index in [1.54, 1.807) is 0 Å². The highest BCUT2D eigenvalue weighted by atomic mass is 16.5. The summed E-state index contributed by atoms with van der Waals surface area (Å²) in [6, 6.07) is 2.77. The second-order valence-electron chi connectivity index (χ2n) is 6.65. The molecular formula is C18H27N3O4. The molecule has 0 saturated heterocycles. The van der Waals surface area contributed by atoms with Gasteiger partial charge >= 0.3 is 5.97 Å². The van der Waals surface area contributed by atoms with Crippen molar-refractivity contribution in [3.8, 4) is 0 Å². The van der Waals surface area contributed by atoms with Crippen LogP contribution in [0.15, 0.2) is 16.9 Å². The van der Waals surface area contributed by atoms with E-state index in [9.17, 15) is 14.4 Å². The maximum absolute atomic E-state index is 12.1. The van der Waals surface area contributed by atoms with Crippen LogP contribution in [0.25, 0.3) is 0 Å². The molecule has 2 unspecified atom stereocenters. The molecule has 2 atom stereocenters. The van der Waals surface area contributed by atoms with Crippen LogP contribution in [0.5, 0.6) is 0 Å². The van der Waals surface area contributed by atoms with Gasteiger partial charge in [-0.1, -0.05) is 33.1 Å². The number of nitrogens with zero attached hydrogens (tertiary/aromatic N) is 2. The smallest absolute Gasteiger partial charge is 0.359 e. The average Bonchev–Trinajstić information content (AvgIpc) is 2.61. The van der Waals surface area contributed by atoms with Crippen LogP contribution < -0.4 is 10.9 Å². The molecule has 0 aliphatic heterocycles. The normalized spacial score (nSPS) is 20.1. The van der Waals surface area contributed by atoms with Crippen molar-refractivity contribution in [3.05, 3.63) is 28.2 Å². The third-order valence-corrected chi connectivity index (χ3v) is 4.59. The Morgan fingerprint density at radius 1 is 1.32 bits per heavy atom. The van der Waals surface area contributed by atoms with Gasteiger partial charge in [-0.3, -0.25) is 9.59 Å². The fourth-order valence-corrected chi connectivity index (χ4v) is 3.01. The Hall–Kier alpha value is -2.18. The van der Waals surface area contributed by atoms with E-state index in [-0.39, 0.29) is 29.8 Å². The van der Waals surface area contributed by atoms with Crippen LogP contribution in [-0.2, 0) is 16.1 Å². The molecule has 2 rings (SSSR count). The number of amides is 1. The summed E-state index contributed by atoms with van der Waals surface area (Å²) >= 11 is 0. The highest BCUT2D eigenvalue weighted by molar-refractivity contribution is 5.89. The Morgan fingerprint density at radius 2 is 2.08 bits per heavy atom. The summed E-state index contributed by atoms with van der Waals surface area (Å²) in [5.74, 6) is -0.555. The highest BCUT2D eigenvalue weighted by Crippen LogP contribution is 2.23. The van der Waals surface area contributed by atoms with E-state index >= 15 is 0 Å². The second-order valence-corrected chi connectivity index (χ2v) is 6.65. The van der Waals surface area contributed by atoms with E-state index in [0.29, 0.717) is 12.5 Å². The van der Waals surface area contributed by atoms with E-state index in [0.717, 1.165) is 32.1 Å². The van der Waals surface area contributed by atoms with Crippen molar-refractivity contribution in [2.75, 3.05) is 6.61 Å². The molecule has 0 spiro atoms. The van der Waals surface area contributed by atoms with Crippen LogP contribution in [0.3, 0.4) is 0 Å². The molecule has 0 bridgehead atoms. The number of unbranched alkanes of at least 4 members (excludes halogenated alkanes) is 1. The van der Waals surface area contributed by atoms with Gasteiger partial charge in [-0.05, 0) is 31.2 Å². The molecule has 138 valence electrons. The van der Waals surface area contributed by atoms with Crippen LogP contribution in [0.1, 0.15) is 62.9 Å². The van der Waals surface area contributed by atoms with Crippen molar-refractivity contribution in [1.29, 1.82) is 0 Å². The van der Waals surface area contributed by atoms with Crippen molar-refractivity contribution < 1.29 is 14.3 Å². The van der Waals surface area contributed by atoms with Crippen molar-refractivity contribution in [3.63, 3.8) is 0 Å². The molecule has 1 aromatic rings. The number of rotatable bonds is 7. The summed E-state index contributed by atoms with van der Waals surface area (Å²) in [4.78, 5) is 35.8. The van der Waals surface area contributed by atoms with E-state index in [1.807, 2.05) is 6.92 Å². The third-order valence-electron chi connectivity index (χ3n) is 4.59. The van der Waals surface area contributed by atoms with Gasteiger partial charge in [0.15, 0.2) is 12.3 Å². The van der Waals surface area contributed by atoms with Gasteiger partial charge in [-0.2, -0.15) is 5.10 Å². The first-order valence-electron chi connectivity index (χ1n) is 9.06. The first-order chi connectivity index (χ1) is 12.0. The zero-order valence-corrected chi connectivity index (χ0v) is 15.0. The van der Waals surface area contributed by atoms with E-state index in [2.05, 4.69) is 17.3 Å². The monoisotopic (exact) mass is 349 g/mol. The van der Waals surface area contributed by atoms with Crippen LogP contribution in [-0.4, -0.2) is 34.3 Å². The van der Waals surface area contributed by atoms with Gasteiger partial charge in [0.05, 0.1) is 0 Å². The first-order valence-corrected chi connectivity index (χ1v) is 9.06. The highest BCUT2D eigenvalue weighted by Gasteiger charge is 2.23. The van der Waals surface area contributed by atoms with E-state index < -0.39 is 5.97 Å². The third kappa shape index (κ3) is 5.69. The quantitative estimate of drug-likeness (QED) is 0.759. The molecule has 1 aromatic heterocycles. The van der Waals surface area contributed by atoms with Gasteiger partial charge in [0.2, 0.25) is 0 Å². The van der Waals surface area contributed by atoms with Gasteiger partial charge < -0.3 is 10.1 Å². The summed E-state index contributed by atoms with van der Waals surface area (Å²) in [7, 11) is 0. The van der Waals surface area contributed by atoms with E-state index in [1.165, 1.54) is 23.2 Å². The topological polar surface area (TPSA) is 90.3 Å². The summed E-state index contributed by atoms with van der Waals surface area (Å²) in [6.45, 7) is 4.25. The molecule has 1 fully saturated rings. The minimum absolute atomic E-state index is 0.0366. The SMILES string of the molecule is CCCCn1nc(C(=O)OCC(=O)NC2CCCCC2C)ccc1=O. The molecule has 1 amide bonds. The molecule has 0 radical (unpaired) electrons. The number of carbonyl (C=O) groups is 2. The zero-order chi connectivity index (χ0) is 18.2. The number of hydrogen-bond acceptors (Lipinski definition) is 5. The Morgan fingerprint density at radius 3 is 2.80 bits per heavy atom. The average molecular weight is 349 g/mol. The predicted molar refractivity (Wildman–Crippen MR) is 93.3 cm³/mol. The Labute approximate surface area is 147 Å². The number of hydrogen-bond donors (Lipinski definition) is 1. The number of nitrogens with one attached hydrogen (secondary N) is 1. The molecule has 1 heterocycles. The van der Waals surface area contributed by atoms with Crippen molar-refractivity contribution in [2.45, 2.75) is 65.0 Å². The van der Waals surface area contributed by atoms with Crippen molar-refractivity contribution in [1.82, 2.24) is 15.1 Å². The number of aromatic nitrogens is 2. The summed E-state index contributed by atoms with van der Waals surface area (Å²) in [5.41, 5.74) is -0.219. The number of carbonyl (C=O) groups excluding carboxylic acids is 2. The minimum Gasteiger partial charge on any atom is -0.451 e. The molecule has 0 aromatic carbocycles. The zero-order valence-electron chi connectivity index (χ0n) is 15.0. The van der Waals surface area contributed by atoms with Crippen LogP contribution in [0.2, 0.25) is 0 Å². The fourth-order valence-electron chi connectivity index (χ4n) is 3.01. The Bertz CT molecular complexity index is 656. The molecular weight excluding hydrogens is 322 g/mol. The maximum atomic E-state index is 12.1. The molecule has 1 aliphatic rings. The molecule has 1 N–H and O–H groups in total. The summed E-state index contributed by atoms with van der Waals surface area (Å²) < 4.78 is 6.29. The lowest BCUT2D eigenvalue weighted by Gasteiger charge is -2.29. The van der Waals surface area contributed by atoms with Gasteiger partial charge in [0, 0.05) is 18.7 Å². The minimum atomic E-state index is -0.697.